The number of hydrogen-bond acceptors (Lipinski definition) is 4. The van der Waals surface area contributed by atoms with Crippen LogP contribution in [-0.4, -0.2) is 45.3 Å². The zero-order valence-corrected chi connectivity index (χ0v) is 12.6. The SMILES string of the molecule is O=C(c1cc(-c2cccs2)[nH]n1)N(CCCCO)C1CC1. The van der Waals surface area contributed by atoms with Crippen LogP contribution in [0.5, 0.6) is 0 Å². The third-order valence-electron chi connectivity index (χ3n) is 3.64. The third kappa shape index (κ3) is 3.33. The molecule has 2 aromatic rings. The highest BCUT2D eigenvalue weighted by molar-refractivity contribution is 7.13. The van der Waals surface area contributed by atoms with Gasteiger partial charge in [0.25, 0.3) is 5.91 Å². The van der Waals surface area contributed by atoms with Crippen LogP contribution < -0.4 is 0 Å². The molecule has 2 N–H and O–H groups in total. The second-order valence-electron chi connectivity index (χ2n) is 5.30. The molecule has 3 rings (SSSR count). The van der Waals surface area contributed by atoms with E-state index in [2.05, 4.69) is 10.2 Å². The Morgan fingerprint density at radius 3 is 3.00 bits per heavy atom. The third-order valence-corrected chi connectivity index (χ3v) is 4.54. The molecule has 1 aliphatic rings. The van der Waals surface area contributed by atoms with Crippen LogP contribution in [0.15, 0.2) is 23.6 Å². The standard InChI is InChI=1S/C15H19N3O2S/c19-8-2-1-7-18(11-5-6-11)15(20)13-10-12(16-17-13)14-4-3-9-21-14/h3-4,9-11,19H,1-2,5-8H2,(H,16,17). The molecule has 112 valence electrons. The molecule has 0 unspecified atom stereocenters. The Kier molecular flexibility index (Phi) is 4.36. The minimum absolute atomic E-state index is 0.00510. The van der Waals surface area contributed by atoms with E-state index in [1.807, 2.05) is 28.5 Å². The number of carbonyl (C=O) groups excluding carboxylic acids is 1. The maximum atomic E-state index is 12.6. The topological polar surface area (TPSA) is 69.2 Å². The number of hydrogen-bond donors (Lipinski definition) is 2. The molecule has 1 saturated carbocycles. The number of carbonyl (C=O) groups is 1. The van der Waals surface area contributed by atoms with Crippen molar-refractivity contribution in [3.05, 3.63) is 29.3 Å². The number of aromatic amines is 1. The molecule has 2 heterocycles. The van der Waals surface area contributed by atoms with Crippen molar-refractivity contribution in [2.45, 2.75) is 31.7 Å². The minimum atomic E-state index is -0.00510. The molecule has 2 aromatic heterocycles. The fourth-order valence-electron chi connectivity index (χ4n) is 2.37. The van der Waals surface area contributed by atoms with Gasteiger partial charge in [0.15, 0.2) is 5.69 Å². The number of nitrogens with zero attached hydrogens (tertiary/aromatic N) is 2. The second-order valence-corrected chi connectivity index (χ2v) is 6.25. The molecule has 1 aliphatic carbocycles. The van der Waals surface area contributed by atoms with E-state index in [9.17, 15) is 4.79 Å². The summed E-state index contributed by atoms with van der Waals surface area (Å²) in [5.41, 5.74) is 1.37. The lowest BCUT2D eigenvalue weighted by molar-refractivity contribution is 0.0731. The van der Waals surface area contributed by atoms with Crippen molar-refractivity contribution in [2.75, 3.05) is 13.2 Å². The predicted octanol–water partition coefficient (Wildman–Crippen LogP) is 2.52. The van der Waals surface area contributed by atoms with Crippen molar-refractivity contribution in [3.63, 3.8) is 0 Å². The molecule has 5 nitrogen and oxygen atoms in total. The van der Waals surface area contributed by atoms with Crippen LogP contribution >= 0.6 is 11.3 Å². The first kappa shape index (κ1) is 14.3. The highest BCUT2D eigenvalue weighted by atomic mass is 32.1. The summed E-state index contributed by atoms with van der Waals surface area (Å²) in [6.45, 7) is 0.878. The van der Waals surface area contributed by atoms with Crippen LogP contribution in [0.4, 0.5) is 0 Å². The van der Waals surface area contributed by atoms with Crippen LogP contribution in [0.2, 0.25) is 0 Å². The molecule has 0 aromatic carbocycles. The fraction of sp³-hybridized carbons (Fsp3) is 0.467. The Labute approximate surface area is 127 Å². The monoisotopic (exact) mass is 305 g/mol. The number of amides is 1. The Hall–Kier alpha value is -1.66. The van der Waals surface area contributed by atoms with E-state index < -0.39 is 0 Å². The zero-order chi connectivity index (χ0) is 14.7. The molecule has 1 amide bonds. The fourth-order valence-corrected chi connectivity index (χ4v) is 3.06. The largest absolute Gasteiger partial charge is 0.396 e. The van der Waals surface area contributed by atoms with Crippen LogP contribution in [0.3, 0.4) is 0 Å². The van der Waals surface area contributed by atoms with Gasteiger partial charge in [0.05, 0.1) is 10.6 Å². The summed E-state index contributed by atoms with van der Waals surface area (Å²) in [5, 5.41) is 18.0. The van der Waals surface area contributed by atoms with Gasteiger partial charge in [-0.25, -0.2) is 0 Å². The number of rotatable bonds is 7. The normalized spacial score (nSPS) is 14.3. The molecule has 6 heteroatoms. The number of thiophene rings is 1. The molecular formula is C15H19N3O2S. The van der Waals surface area contributed by atoms with E-state index in [4.69, 9.17) is 5.11 Å². The zero-order valence-electron chi connectivity index (χ0n) is 11.8. The van der Waals surface area contributed by atoms with E-state index in [0.29, 0.717) is 18.3 Å². The van der Waals surface area contributed by atoms with Crippen molar-refractivity contribution in [1.82, 2.24) is 15.1 Å². The molecule has 0 bridgehead atoms. The molecular weight excluding hydrogens is 286 g/mol. The van der Waals surface area contributed by atoms with E-state index in [1.165, 1.54) is 0 Å². The summed E-state index contributed by atoms with van der Waals surface area (Å²) in [6, 6.07) is 6.17. The molecule has 0 radical (unpaired) electrons. The van der Waals surface area contributed by atoms with E-state index in [0.717, 1.165) is 36.3 Å². The van der Waals surface area contributed by atoms with Crippen molar-refractivity contribution in [3.8, 4) is 10.6 Å². The van der Waals surface area contributed by atoms with Crippen LogP contribution in [0, 0.1) is 0 Å². The Bertz CT molecular complexity index is 590. The summed E-state index contributed by atoms with van der Waals surface area (Å²) in [5.74, 6) is -0.00510. The molecule has 21 heavy (non-hydrogen) atoms. The number of unbranched alkanes of at least 4 members (excludes halogenated alkanes) is 1. The van der Waals surface area contributed by atoms with Gasteiger partial charge < -0.3 is 10.0 Å². The lowest BCUT2D eigenvalue weighted by Crippen LogP contribution is -2.34. The summed E-state index contributed by atoms with van der Waals surface area (Å²) in [6.07, 6.45) is 3.72. The predicted molar refractivity (Wildman–Crippen MR) is 82.3 cm³/mol. The van der Waals surface area contributed by atoms with Gasteiger partial charge in [-0.3, -0.25) is 9.89 Å². The van der Waals surface area contributed by atoms with E-state index in [-0.39, 0.29) is 12.5 Å². The lowest BCUT2D eigenvalue weighted by atomic mass is 10.2. The van der Waals surface area contributed by atoms with Gasteiger partial charge in [0.2, 0.25) is 0 Å². The van der Waals surface area contributed by atoms with Crippen molar-refractivity contribution >= 4 is 17.2 Å². The maximum Gasteiger partial charge on any atom is 0.274 e. The summed E-state index contributed by atoms with van der Waals surface area (Å²) >= 11 is 1.62. The number of nitrogens with one attached hydrogen (secondary N) is 1. The first-order chi connectivity index (χ1) is 10.3. The first-order valence-electron chi connectivity index (χ1n) is 7.30. The second kappa shape index (κ2) is 6.41. The quantitative estimate of drug-likeness (QED) is 0.772. The number of aliphatic hydroxyl groups excluding tert-OH is 1. The average molecular weight is 305 g/mol. The number of H-pyrrole nitrogens is 1. The van der Waals surface area contributed by atoms with Gasteiger partial charge in [-0.05, 0) is 43.2 Å². The number of aromatic nitrogens is 2. The Morgan fingerprint density at radius 2 is 2.33 bits per heavy atom. The molecule has 0 aliphatic heterocycles. The van der Waals surface area contributed by atoms with Crippen LogP contribution in [-0.2, 0) is 0 Å². The maximum absolute atomic E-state index is 12.6. The van der Waals surface area contributed by atoms with Gasteiger partial charge in [0.1, 0.15) is 0 Å². The van der Waals surface area contributed by atoms with E-state index in [1.54, 1.807) is 11.3 Å². The molecule has 0 spiro atoms. The average Bonchev–Trinajstić information content (AvgIpc) is 3.00. The lowest BCUT2D eigenvalue weighted by Gasteiger charge is -2.21. The molecule has 0 atom stereocenters. The van der Waals surface area contributed by atoms with Gasteiger partial charge >= 0.3 is 0 Å². The van der Waals surface area contributed by atoms with Crippen LogP contribution in [0.25, 0.3) is 10.6 Å². The van der Waals surface area contributed by atoms with Gasteiger partial charge in [-0.15, -0.1) is 11.3 Å². The van der Waals surface area contributed by atoms with Gasteiger partial charge in [-0.1, -0.05) is 6.07 Å². The minimum Gasteiger partial charge on any atom is -0.396 e. The highest BCUT2D eigenvalue weighted by Gasteiger charge is 2.33. The Balaban J connectivity index is 1.70. The van der Waals surface area contributed by atoms with E-state index >= 15 is 0 Å². The Morgan fingerprint density at radius 1 is 1.48 bits per heavy atom. The summed E-state index contributed by atoms with van der Waals surface area (Å²) in [4.78, 5) is 15.6. The van der Waals surface area contributed by atoms with Crippen LogP contribution in [0.1, 0.15) is 36.2 Å². The van der Waals surface area contributed by atoms with Crippen molar-refractivity contribution in [2.24, 2.45) is 0 Å². The number of aliphatic hydroxyl groups is 1. The highest BCUT2D eigenvalue weighted by Crippen LogP contribution is 2.29. The van der Waals surface area contributed by atoms with Gasteiger partial charge in [-0.2, -0.15) is 5.10 Å². The van der Waals surface area contributed by atoms with Crippen molar-refractivity contribution in [1.29, 1.82) is 0 Å². The van der Waals surface area contributed by atoms with Crippen molar-refractivity contribution < 1.29 is 9.90 Å². The molecule has 1 fully saturated rings. The summed E-state index contributed by atoms with van der Waals surface area (Å²) < 4.78 is 0. The van der Waals surface area contributed by atoms with Gasteiger partial charge in [0, 0.05) is 19.2 Å². The first-order valence-corrected chi connectivity index (χ1v) is 8.18. The summed E-state index contributed by atoms with van der Waals surface area (Å²) in [7, 11) is 0. The smallest absolute Gasteiger partial charge is 0.274 e. The molecule has 0 saturated heterocycles.